The van der Waals surface area contributed by atoms with Crippen molar-refractivity contribution in [2.24, 2.45) is 0 Å². The van der Waals surface area contributed by atoms with Crippen molar-refractivity contribution in [2.45, 2.75) is 6.92 Å². The smallest absolute Gasteiger partial charge is 0.294 e. The zero-order valence-corrected chi connectivity index (χ0v) is 10.8. The molecule has 6 nitrogen and oxygen atoms in total. The number of carbonyl (C=O) groups excluding carboxylic acids is 1. The number of carbonyl (C=O) groups is 1. The molecule has 0 radical (unpaired) electrons. The molecule has 1 N–H and O–H groups in total. The predicted octanol–water partition coefficient (Wildman–Crippen LogP) is 2.42. The number of nitrogens with one attached hydrogen (secondary N) is 1. The van der Waals surface area contributed by atoms with E-state index in [0.29, 0.717) is 11.4 Å². The molecule has 6 heteroatoms. The highest BCUT2D eigenvalue weighted by Gasteiger charge is 2.11. The Morgan fingerprint density at radius 1 is 1.30 bits per heavy atom. The molecular formula is C14H12N4O2. The highest BCUT2D eigenvalue weighted by Crippen LogP contribution is 2.14. The van der Waals surface area contributed by atoms with E-state index in [1.807, 2.05) is 24.4 Å². The van der Waals surface area contributed by atoms with Crippen molar-refractivity contribution in [3.05, 3.63) is 60.2 Å². The van der Waals surface area contributed by atoms with E-state index in [1.54, 1.807) is 36.0 Å². The predicted molar refractivity (Wildman–Crippen MR) is 72.8 cm³/mol. The number of hydrogen-bond acceptors (Lipinski definition) is 4. The van der Waals surface area contributed by atoms with Crippen molar-refractivity contribution in [1.82, 2.24) is 14.9 Å². The van der Waals surface area contributed by atoms with Crippen LogP contribution in [0.3, 0.4) is 0 Å². The number of rotatable bonds is 3. The minimum Gasteiger partial charge on any atom is -0.351 e. The van der Waals surface area contributed by atoms with Gasteiger partial charge in [0.15, 0.2) is 0 Å². The van der Waals surface area contributed by atoms with Gasteiger partial charge in [-0.2, -0.15) is 5.10 Å². The van der Waals surface area contributed by atoms with Crippen LogP contribution < -0.4 is 5.32 Å². The van der Waals surface area contributed by atoms with Crippen LogP contribution in [0.15, 0.2) is 53.3 Å². The molecule has 0 bridgehead atoms. The van der Waals surface area contributed by atoms with Crippen molar-refractivity contribution in [3.8, 4) is 5.69 Å². The van der Waals surface area contributed by atoms with E-state index >= 15 is 0 Å². The minimum atomic E-state index is -0.322. The fourth-order valence-electron chi connectivity index (χ4n) is 1.78. The van der Waals surface area contributed by atoms with Crippen molar-refractivity contribution in [1.29, 1.82) is 0 Å². The topological polar surface area (TPSA) is 73.0 Å². The molecule has 2 aromatic heterocycles. The van der Waals surface area contributed by atoms with Crippen LogP contribution in [0.4, 0.5) is 5.69 Å². The third kappa shape index (κ3) is 2.44. The van der Waals surface area contributed by atoms with Crippen LogP contribution in [0.25, 0.3) is 5.69 Å². The second-order valence-corrected chi connectivity index (χ2v) is 4.28. The van der Waals surface area contributed by atoms with Gasteiger partial charge in [-0.3, -0.25) is 4.79 Å². The van der Waals surface area contributed by atoms with Crippen molar-refractivity contribution in [3.63, 3.8) is 0 Å². The van der Waals surface area contributed by atoms with Gasteiger partial charge in [0.05, 0.1) is 11.4 Å². The summed E-state index contributed by atoms with van der Waals surface area (Å²) < 4.78 is 6.65. The zero-order chi connectivity index (χ0) is 13.9. The van der Waals surface area contributed by atoms with E-state index in [4.69, 9.17) is 4.52 Å². The number of aromatic nitrogens is 3. The maximum atomic E-state index is 11.9. The summed E-state index contributed by atoms with van der Waals surface area (Å²) in [6, 6.07) is 10.8. The number of benzene rings is 1. The summed E-state index contributed by atoms with van der Waals surface area (Å²) in [4.78, 5) is 11.9. The zero-order valence-electron chi connectivity index (χ0n) is 10.8. The Labute approximate surface area is 115 Å². The lowest BCUT2D eigenvalue weighted by molar-refractivity contribution is 0.0988. The highest BCUT2D eigenvalue weighted by molar-refractivity contribution is 6.02. The van der Waals surface area contributed by atoms with Gasteiger partial charge in [-0.05, 0) is 37.3 Å². The van der Waals surface area contributed by atoms with Crippen LogP contribution in [0.1, 0.15) is 16.2 Å². The summed E-state index contributed by atoms with van der Waals surface area (Å²) in [6.07, 6.45) is 3.56. The van der Waals surface area contributed by atoms with Crippen LogP contribution >= 0.6 is 0 Å². The molecule has 0 aliphatic carbocycles. The van der Waals surface area contributed by atoms with E-state index in [0.717, 1.165) is 5.69 Å². The molecule has 0 spiro atoms. The lowest BCUT2D eigenvalue weighted by Gasteiger charge is -2.05. The average molecular weight is 268 g/mol. The van der Waals surface area contributed by atoms with Gasteiger partial charge in [-0.25, -0.2) is 4.68 Å². The Bertz CT molecular complexity index is 714. The monoisotopic (exact) mass is 268 g/mol. The molecule has 1 aromatic carbocycles. The highest BCUT2D eigenvalue weighted by atomic mass is 16.5. The maximum Gasteiger partial charge on any atom is 0.294 e. The Morgan fingerprint density at radius 2 is 2.10 bits per heavy atom. The summed E-state index contributed by atoms with van der Waals surface area (Å²) in [7, 11) is 0. The normalized spacial score (nSPS) is 10.4. The van der Waals surface area contributed by atoms with Crippen LogP contribution in [0.2, 0.25) is 0 Å². The van der Waals surface area contributed by atoms with E-state index in [9.17, 15) is 4.79 Å². The molecule has 2 heterocycles. The molecular weight excluding hydrogens is 256 g/mol. The van der Waals surface area contributed by atoms with Gasteiger partial charge in [0.1, 0.15) is 0 Å². The molecule has 0 fully saturated rings. The lowest BCUT2D eigenvalue weighted by atomic mass is 10.2. The fraction of sp³-hybridized carbons (Fsp3) is 0.0714. The summed E-state index contributed by atoms with van der Waals surface area (Å²) in [5.74, 6) is -0.129. The van der Waals surface area contributed by atoms with Gasteiger partial charge in [-0.1, -0.05) is 5.16 Å². The number of amides is 1. The standard InChI is InChI=1S/C14H12N4O2/c1-10-9-13(20-17-10)14(19)16-11-3-5-12(6-4-11)18-8-2-7-15-18/h2-9H,1H3,(H,16,19). The molecule has 3 rings (SSSR count). The van der Waals surface area contributed by atoms with E-state index in [2.05, 4.69) is 15.6 Å². The van der Waals surface area contributed by atoms with Crippen LogP contribution in [-0.2, 0) is 0 Å². The van der Waals surface area contributed by atoms with E-state index in [1.165, 1.54) is 0 Å². The number of aryl methyl sites for hydroxylation is 1. The average Bonchev–Trinajstić information content (AvgIpc) is 3.10. The number of anilines is 1. The molecule has 0 aliphatic rings. The van der Waals surface area contributed by atoms with Gasteiger partial charge >= 0.3 is 0 Å². The largest absolute Gasteiger partial charge is 0.351 e. The molecule has 3 aromatic rings. The van der Waals surface area contributed by atoms with Crippen molar-refractivity contribution >= 4 is 11.6 Å². The molecule has 20 heavy (non-hydrogen) atoms. The second kappa shape index (κ2) is 5.00. The third-order valence-corrected chi connectivity index (χ3v) is 2.75. The summed E-state index contributed by atoms with van der Waals surface area (Å²) >= 11 is 0. The first-order valence-corrected chi connectivity index (χ1v) is 6.07. The molecule has 0 saturated carbocycles. The summed E-state index contributed by atoms with van der Waals surface area (Å²) in [5, 5.41) is 10.6. The van der Waals surface area contributed by atoms with Gasteiger partial charge in [-0.15, -0.1) is 0 Å². The third-order valence-electron chi connectivity index (χ3n) is 2.75. The molecule has 1 amide bonds. The fourth-order valence-corrected chi connectivity index (χ4v) is 1.78. The first kappa shape index (κ1) is 12.2. The second-order valence-electron chi connectivity index (χ2n) is 4.28. The Morgan fingerprint density at radius 3 is 2.70 bits per heavy atom. The summed E-state index contributed by atoms with van der Waals surface area (Å²) in [5.41, 5.74) is 2.27. The maximum absolute atomic E-state index is 11.9. The van der Waals surface area contributed by atoms with E-state index in [-0.39, 0.29) is 11.7 Å². The van der Waals surface area contributed by atoms with Crippen LogP contribution in [0, 0.1) is 6.92 Å². The Balaban J connectivity index is 1.74. The minimum absolute atomic E-state index is 0.193. The molecule has 0 unspecified atom stereocenters. The van der Waals surface area contributed by atoms with Crippen molar-refractivity contribution in [2.75, 3.05) is 5.32 Å². The molecule has 0 atom stereocenters. The van der Waals surface area contributed by atoms with Gasteiger partial charge in [0, 0.05) is 24.1 Å². The van der Waals surface area contributed by atoms with Crippen LogP contribution in [0.5, 0.6) is 0 Å². The Kier molecular flexibility index (Phi) is 3.04. The van der Waals surface area contributed by atoms with Gasteiger partial charge in [0.25, 0.3) is 5.91 Å². The molecule has 0 saturated heterocycles. The summed E-state index contributed by atoms with van der Waals surface area (Å²) in [6.45, 7) is 1.76. The van der Waals surface area contributed by atoms with Gasteiger partial charge in [0.2, 0.25) is 5.76 Å². The number of hydrogen-bond donors (Lipinski definition) is 1. The Hall–Kier alpha value is -2.89. The lowest BCUT2D eigenvalue weighted by Crippen LogP contribution is -2.10. The SMILES string of the molecule is Cc1cc(C(=O)Nc2ccc(-n3cccn3)cc2)on1. The van der Waals surface area contributed by atoms with Crippen LogP contribution in [-0.4, -0.2) is 20.8 Å². The van der Waals surface area contributed by atoms with Crippen molar-refractivity contribution < 1.29 is 9.32 Å². The molecule has 0 aliphatic heterocycles. The molecule has 100 valence electrons. The number of nitrogens with zero attached hydrogens (tertiary/aromatic N) is 3. The quantitative estimate of drug-likeness (QED) is 0.791. The first-order valence-electron chi connectivity index (χ1n) is 6.07. The van der Waals surface area contributed by atoms with E-state index < -0.39 is 0 Å². The first-order chi connectivity index (χ1) is 9.72. The van der Waals surface area contributed by atoms with Gasteiger partial charge < -0.3 is 9.84 Å².